The number of nitrogens with one attached hydrogen (secondary N) is 1. The number of carbonyl (C=O) groups excluding carboxylic acids is 2. The number of esters is 1. The predicted molar refractivity (Wildman–Crippen MR) is 123 cm³/mol. The molecule has 6 nitrogen and oxygen atoms in total. The lowest BCUT2D eigenvalue weighted by molar-refractivity contribution is -0.119. The average molecular weight is 476 g/mol. The van der Waals surface area contributed by atoms with Crippen LogP contribution in [0.3, 0.4) is 0 Å². The van der Waals surface area contributed by atoms with Crippen molar-refractivity contribution in [3.8, 4) is 11.3 Å². The van der Waals surface area contributed by atoms with Crippen molar-refractivity contribution in [2.75, 3.05) is 11.9 Å². The van der Waals surface area contributed by atoms with Gasteiger partial charge < -0.3 is 10.1 Å². The number of fused-ring (bicyclic) bond motifs is 1. The van der Waals surface area contributed by atoms with Gasteiger partial charge in [-0.15, -0.1) is 0 Å². The van der Waals surface area contributed by atoms with Gasteiger partial charge in [-0.3, -0.25) is 9.78 Å². The molecule has 0 bridgehead atoms. The first-order chi connectivity index (χ1) is 15.0. The molecule has 0 atom stereocenters. The van der Waals surface area contributed by atoms with E-state index < -0.39 is 18.5 Å². The Bertz CT molecular complexity index is 1280. The van der Waals surface area contributed by atoms with E-state index in [1.807, 2.05) is 49.4 Å². The maximum atomic E-state index is 12.8. The summed E-state index contributed by atoms with van der Waals surface area (Å²) in [6.45, 7) is 1.53. The Morgan fingerprint density at radius 3 is 2.58 bits per heavy atom. The molecule has 4 rings (SSSR count). The standard InChI is InChI=1S/C24H18BrN3O3/c1-15-12-17(6-7-20(15)25)27-23(29)14-31-24(30)19-13-22(16-8-10-26-11-9-16)28-21-5-3-2-4-18(19)21/h2-13H,14H2,1H3,(H,27,29). The lowest BCUT2D eigenvalue weighted by atomic mass is 10.0. The zero-order valence-corrected chi connectivity index (χ0v) is 18.2. The zero-order chi connectivity index (χ0) is 21.8. The van der Waals surface area contributed by atoms with Gasteiger partial charge in [0.05, 0.1) is 16.8 Å². The second-order valence-corrected chi connectivity index (χ2v) is 7.75. The van der Waals surface area contributed by atoms with Crippen molar-refractivity contribution in [1.29, 1.82) is 0 Å². The Morgan fingerprint density at radius 2 is 1.81 bits per heavy atom. The molecule has 0 aliphatic rings. The van der Waals surface area contributed by atoms with E-state index in [-0.39, 0.29) is 0 Å². The predicted octanol–water partition coefficient (Wildman–Crippen LogP) is 5.16. The molecule has 2 aromatic heterocycles. The van der Waals surface area contributed by atoms with E-state index in [1.54, 1.807) is 30.6 Å². The van der Waals surface area contributed by atoms with Crippen LogP contribution in [0.15, 0.2) is 77.5 Å². The van der Waals surface area contributed by atoms with E-state index in [1.165, 1.54) is 0 Å². The van der Waals surface area contributed by atoms with Gasteiger partial charge in [0.25, 0.3) is 5.91 Å². The Labute approximate surface area is 187 Å². The van der Waals surface area contributed by atoms with E-state index in [9.17, 15) is 9.59 Å². The van der Waals surface area contributed by atoms with Gasteiger partial charge in [-0.2, -0.15) is 0 Å². The highest BCUT2D eigenvalue weighted by Crippen LogP contribution is 2.25. The molecule has 0 spiro atoms. The molecule has 0 unspecified atom stereocenters. The molecule has 31 heavy (non-hydrogen) atoms. The molecule has 0 radical (unpaired) electrons. The highest BCUT2D eigenvalue weighted by molar-refractivity contribution is 9.10. The zero-order valence-electron chi connectivity index (χ0n) is 16.6. The molecule has 0 saturated heterocycles. The number of hydrogen-bond donors (Lipinski definition) is 1. The van der Waals surface area contributed by atoms with Crippen molar-refractivity contribution in [2.45, 2.75) is 6.92 Å². The number of pyridine rings is 2. The van der Waals surface area contributed by atoms with Crippen LogP contribution >= 0.6 is 15.9 Å². The molecule has 1 amide bonds. The first kappa shape index (κ1) is 20.7. The summed E-state index contributed by atoms with van der Waals surface area (Å²) in [5, 5.41) is 3.40. The number of halogens is 1. The van der Waals surface area contributed by atoms with Crippen LogP contribution in [-0.4, -0.2) is 28.5 Å². The lowest BCUT2D eigenvalue weighted by Crippen LogP contribution is -2.21. The summed E-state index contributed by atoms with van der Waals surface area (Å²) in [5.74, 6) is -1.00. The van der Waals surface area contributed by atoms with Crippen molar-refractivity contribution < 1.29 is 14.3 Å². The smallest absolute Gasteiger partial charge is 0.339 e. The molecule has 154 valence electrons. The maximum absolute atomic E-state index is 12.8. The number of anilines is 1. The maximum Gasteiger partial charge on any atom is 0.339 e. The topological polar surface area (TPSA) is 81.2 Å². The van der Waals surface area contributed by atoms with Gasteiger partial charge in [0.2, 0.25) is 0 Å². The molecule has 1 N–H and O–H groups in total. The van der Waals surface area contributed by atoms with Gasteiger partial charge in [-0.1, -0.05) is 34.1 Å². The Hall–Kier alpha value is -3.58. The van der Waals surface area contributed by atoms with Gasteiger partial charge in [0.1, 0.15) is 0 Å². The minimum absolute atomic E-state index is 0.352. The fourth-order valence-corrected chi connectivity index (χ4v) is 3.39. The summed E-state index contributed by atoms with van der Waals surface area (Å²) in [5.41, 5.74) is 4.10. The highest BCUT2D eigenvalue weighted by Gasteiger charge is 2.16. The fraction of sp³-hybridized carbons (Fsp3) is 0.0833. The third-order valence-corrected chi connectivity index (χ3v) is 5.58. The number of aryl methyl sites for hydroxylation is 1. The first-order valence-electron chi connectivity index (χ1n) is 9.54. The van der Waals surface area contributed by atoms with Crippen LogP contribution in [0.1, 0.15) is 15.9 Å². The summed E-state index contributed by atoms with van der Waals surface area (Å²) in [4.78, 5) is 33.8. The van der Waals surface area contributed by atoms with Crippen molar-refractivity contribution in [3.05, 3.63) is 88.7 Å². The number of para-hydroxylation sites is 1. The monoisotopic (exact) mass is 475 g/mol. The fourth-order valence-electron chi connectivity index (χ4n) is 3.14. The van der Waals surface area contributed by atoms with Gasteiger partial charge >= 0.3 is 5.97 Å². The summed E-state index contributed by atoms with van der Waals surface area (Å²) < 4.78 is 6.27. The quantitative estimate of drug-likeness (QED) is 0.403. The highest BCUT2D eigenvalue weighted by atomic mass is 79.9. The normalized spacial score (nSPS) is 10.6. The van der Waals surface area contributed by atoms with Gasteiger partial charge in [0, 0.05) is 33.5 Å². The molecule has 2 heterocycles. The van der Waals surface area contributed by atoms with E-state index in [0.717, 1.165) is 15.6 Å². The summed E-state index contributed by atoms with van der Waals surface area (Å²) in [6.07, 6.45) is 3.33. The van der Waals surface area contributed by atoms with Crippen LogP contribution in [0.2, 0.25) is 0 Å². The molecule has 0 aliphatic carbocycles. The van der Waals surface area contributed by atoms with Crippen molar-refractivity contribution in [2.24, 2.45) is 0 Å². The molecule has 7 heteroatoms. The second-order valence-electron chi connectivity index (χ2n) is 6.90. The van der Waals surface area contributed by atoms with Gasteiger partial charge in [0.15, 0.2) is 6.61 Å². The number of ether oxygens (including phenoxy) is 1. The van der Waals surface area contributed by atoms with Crippen molar-refractivity contribution in [3.63, 3.8) is 0 Å². The number of nitrogens with zero attached hydrogens (tertiary/aromatic N) is 2. The molecule has 0 fully saturated rings. The van der Waals surface area contributed by atoms with Crippen LogP contribution in [0.5, 0.6) is 0 Å². The SMILES string of the molecule is Cc1cc(NC(=O)COC(=O)c2cc(-c3ccncc3)nc3ccccc23)ccc1Br. The lowest BCUT2D eigenvalue weighted by Gasteiger charge is -2.11. The van der Waals surface area contributed by atoms with Gasteiger partial charge in [-0.25, -0.2) is 9.78 Å². The van der Waals surface area contributed by atoms with Crippen LogP contribution in [0.4, 0.5) is 5.69 Å². The summed E-state index contributed by atoms with van der Waals surface area (Å²) >= 11 is 3.42. The third kappa shape index (κ3) is 4.78. The van der Waals surface area contributed by atoms with Crippen molar-refractivity contribution in [1.82, 2.24) is 9.97 Å². The summed E-state index contributed by atoms with van der Waals surface area (Å²) in [7, 11) is 0. The second kappa shape index (κ2) is 9.06. The molecule has 2 aromatic carbocycles. The number of rotatable bonds is 5. The van der Waals surface area contributed by atoms with E-state index in [4.69, 9.17) is 4.74 Å². The van der Waals surface area contributed by atoms with E-state index >= 15 is 0 Å². The van der Waals surface area contributed by atoms with Crippen LogP contribution in [-0.2, 0) is 9.53 Å². The van der Waals surface area contributed by atoms with Crippen LogP contribution < -0.4 is 5.32 Å². The Balaban J connectivity index is 1.54. The first-order valence-corrected chi connectivity index (χ1v) is 10.3. The van der Waals surface area contributed by atoms with Gasteiger partial charge in [-0.05, 0) is 55.0 Å². The number of hydrogen-bond acceptors (Lipinski definition) is 5. The number of aromatic nitrogens is 2. The molecular formula is C24H18BrN3O3. The minimum Gasteiger partial charge on any atom is -0.452 e. The number of carbonyl (C=O) groups is 2. The minimum atomic E-state index is -0.587. The third-order valence-electron chi connectivity index (χ3n) is 4.69. The van der Waals surface area contributed by atoms with E-state index in [0.29, 0.717) is 27.8 Å². The molecule has 0 aliphatic heterocycles. The number of amides is 1. The van der Waals surface area contributed by atoms with Crippen molar-refractivity contribution >= 4 is 44.4 Å². The molecule has 0 saturated carbocycles. The average Bonchev–Trinajstić information content (AvgIpc) is 2.79. The van der Waals surface area contributed by atoms with E-state index in [2.05, 4.69) is 31.2 Å². The van der Waals surface area contributed by atoms with Crippen LogP contribution in [0, 0.1) is 6.92 Å². The number of benzene rings is 2. The molecular weight excluding hydrogens is 458 g/mol. The summed E-state index contributed by atoms with van der Waals surface area (Å²) in [6, 6.07) is 18.1. The Kier molecular flexibility index (Phi) is 6.04. The Morgan fingerprint density at radius 1 is 1.03 bits per heavy atom. The van der Waals surface area contributed by atoms with Crippen LogP contribution in [0.25, 0.3) is 22.2 Å². The largest absolute Gasteiger partial charge is 0.452 e. The molecule has 4 aromatic rings.